The molecule has 2 heterocycles. The summed E-state index contributed by atoms with van der Waals surface area (Å²) >= 11 is 1.65. The van der Waals surface area contributed by atoms with Crippen LogP contribution in [-0.2, 0) is 0 Å². The van der Waals surface area contributed by atoms with Crippen molar-refractivity contribution < 1.29 is 4.79 Å². The number of nitrogen functional groups attached to an aromatic ring is 1. The standard InChI is InChI=1S/C20H23N3OS/c21-16-2-1-3-19(11-16)25-18-6-4-15(5-7-18)20(24)22-17-10-14-8-9-23(12-14)13-17/h1-7,11,14,17H,8-10,12-13,21H2,(H,22,24)/t14-,17-/m1/s1. The third-order valence-corrected chi connectivity index (χ3v) is 6.01. The number of hydrogen-bond acceptors (Lipinski definition) is 4. The summed E-state index contributed by atoms with van der Waals surface area (Å²) in [4.78, 5) is 17.2. The molecule has 2 aliphatic rings. The van der Waals surface area contributed by atoms with Gasteiger partial charge in [0.15, 0.2) is 0 Å². The van der Waals surface area contributed by atoms with Crippen LogP contribution in [0.3, 0.4) is 0 Å². The maximum atomic E-state index is 12.5. The quantitative estimate of drug-likeness (QED) is 0.829. The molecular weight excluding hydrogens is 330 g/mol. The number of benzene rings is 2. The van der Waals surface area contributed by atoms with Crippen LogP contribution >= 0.6 is 11.8 Å². The molecule has 0 spiro atoms. The first-order chi connectivity index (χ1) is 12.2. The molecule has 2 aromatic carbocycles. The molecule has 3 N–H and O–H groups in total. The Balaban J connectivity index is 1.37. The molecule has 0 saturated carbocycles. The largest absolute Gasteiger partial charge is 0.399 e. The summed E-state index contributed by atoms with van der Waals surface area (Å²) in [7, 11) is 0. The van der Waals surface area contributed by atoms with Crippen LogP contribution in [0.15, 0.2) is 58.3 Å². The number of anilines is 1. The van der Waals surface area contributed by atoms with Gasteiger partial charge >= 0.3 is 0 Å². The summed E-state index contributed by atoms with van der Waals surface area (Å²) in [6, 6.07) is 15.9. The number of amides is 1. The Hall–Kier alpha value is -1.98. The van der Waals surface area contributed by atoms with E-state index in [9.17, 15) is 4.79 Å². The zero-order valence-electron chi connectivity index (χ0n) is 14.2. The average molecular weight is 353 g/mol. The third-order valence-electron chi connectivity index (χ3n) is 5.01. The molecule has 25 heavy (non-hydrogen) atoms. The fourth-order valence-electron chi connectivity index (χ4n) is 3.82. The van der Waals surface area contributed by atoms with E-state index in [0.29, 0.717) is 0 Å². The fourth-order valence-corrected chi connectivity index (χ4v) is 4.71. The number of nitrogens with zero attached hydrogens (tertiary/aromatic N) is 1. The molecule has 4 nitrogen and oxygen atoms in total. The highest BCUT2D eigenvalue weighted by Gasteiger charge is 2.32. The van der Waals surface area contributed by atoms with E-state index in [1.807, 2.05) is 48.5 Å². The van der Waals surface area contributed by atoms with Crippen LogP contribution in [0, 0.1) is 5.92 Å². The van der Waals surface area contributed by atoms with Crippen molar-refractivity contribution in [3.05, 3.63) is 54.1 Å². The fraction of sp³-hybridized carbons (Fsp3) is 0.350. The third kappa shape index (κ3) is 3.99. The van der Waals surface area contributed by atoms with E-state index in [1.54, 1.807) is 11.8 Å². The summed E-state index contributed by atoms with van der Waals surface area (Å²) in [5.74, 6) is 0.796. The molecule has 0 aliphatic carbocycles. The second-order valence-corrected chi connectivity index (χ2v) is 8.17. The van der Waals surface area contributed by atoms with Gasteiger partial charge in [-0.3, -0.25) is 4.79 Å². The number of nitrogens with two attached hydrogens (primary N) is 1. The Morgan fingerprint density at radius 2 is 1.96 bits per heavy atom. The van der Waals surface area contributed by atoms with Gasteiger partial charge in [-0.1, -0.05) is 17.8 Å². The van der Waals surface area contributed by atoms with Crippen LogP contribution in [-0.4, -0.2) is 36.5 Å². The first kappa shape index (κ1) is 16.5. The molecule has 2 bridgehead atoms. The molecule has 2 fully saturated rings. The summed E-state index contributed by atoms with van der Waals surface area (Å²) in [5.41, 5.74) is 7.31. The maximum absolute atomic E-state index is 12.5. The van der Waals surface area contributed by atoms with Gasteiger partial charge in [0.05, 0.1) is 0 Å². The zero-order chi connectivity index (χ0) is 17.2. The Labute approximate surface area is 152 Å². The number of carbonyl (C=O) groups is 1. The molecule has 5 heteroatoms. The van der Waals surface area contributed by atoms with Gasteiger partial charge in [-0.15, -0.1) is 0 Å². The van der Waals surface area contributed by atoms with Crippen molar-refractivity contribution in [3.63, 3.8) is 0 Å². The second-order valence-electron chi connectivity index (χ2n) is 7.02. The molecule has 3 atom stereocenters. The lowest BCUT2D eigenvalue weighted by molar-refractivity contribution is 0.0909. The number of hydrogen-bond donors (Lipinski definition) is 2. The van der Waals surface area contributed by atoms with Gasteiger partial charge in [-0.25, -0.2) is 0 Å². The number of piperidine rings is 1. The van der Waals surface area contributed by atoms with E-state index in [1.165, 1.54) is 19.5 Å². The Kier molecular flexibility index (Phi) is 4.68. The Bertz CT molecular complexity index is 750. The summed E-state index contributed by atoms with van der Waals surface area (Å²) in [5, 5.41) is 3.21. The molecule has 4 rings (SSSR count). The van der Waals surface area contributed by atoms with E-state index in [2.05, 4.69) is 10.2 Å². The first-order valence-electron chi connectivity index (χ1n) is 8.82. The van der Waals surface area contributed by atoms with Gasteiger partial charge in [0.25, 0.3) is 5.91 Å². The lowest BCUT2D eigenvalue weighted by Gasteiger charge is -2.30. The number of fused-ring (bicyclic) bond motifs is 2. The number of nitrogens with one attached hydrogen (secondary N) is 1. The number of carbonyl (C=O) groups excluding carboxylic acids is 1. The highest BCUT2D eigenvalue weighted by molar-refractivity contribution is 7.99. The normalized spacial score (nSPS) is 24.9. The molecule has 1 amide bonds. The maximum Gasteiger partial charge on any atom is 0.251 e. The van der Waals surface area contributed by atoms with Crippen molar-refractivity contribution in [2.24, 2.45) is 5.92 Å². The minimum atomic E-state index is 0.0352. The van der Waals surface area contributed by atoms with Crippen molar-refractivity contribution in [2.75, 3.05) is 25.4 Å². The molecule has 130 valence electrons. The van der Waals surface area contributed by atoms with Crippen LogP contribution < -0.4 is 11.1 Å². The average Bonchev–Trinajstić information content (AvgIpc) is 2.94. The molecule has 2 saturated heterocycles. The SMILES string of the molecule is Nc1cccc(Sc2ccc(C(=O)N[C@@H]3C[C@H]4CCN(C4)C3)cc2)c1. The molecule has 0 radical (unpaired) electrons. The second kappa shape index (κ2) is 7.10. The van der Waals surface area contributed by atoms with Gasteiger partial charge in [-0.2, -0.15) is 0 Å². The number of rotatable bonds is 4. The summed E-state index contributed by atoms with van der Waals surface area (Å²) < 4.78 is 0. The van der Waals surface area contributed by atoms with E-state index < -0.39 is 0 Å². The highest BCUT2D eigenvalue weighted by atomic mass is 32.2. The van der Waals surface area contributed by atoms with E-state index in [-0.39, 0.29) is 11.9 Å². The lowest BCUT2D eigenvalue weighted by Crippen LogP contribution is -2.47. The van der Waals surface area contributed by atoms with Crippen molar-refractivity contribution in [1.29, 1.82) is 0 Å². The summed E-state index contributed by atoms with van der Waals surface area (Å²) in [6.07, 6.45) is 2.40. The molecular formula is C20H23N3OS. The van der Waals surface area contributed by atoms with Crippen LogP contribution in [0.5, 0.6) is 0 Å². The van der Waals surface area contributed by atoms with Gasteiger partial charge in [0, 0.05) is 40.2 Å². The topological polar surface area (TPSA) is 58.4 Å². The van der Waals surface area contributed by atoms with Crippen LogP contribution in [0.4, 0.5) is 5.69 Å². The van der Waals surface area contributed by atoms with Crippen molar-refractivity contribution in [2.45, 2.75) is 28.7 Å². The van der Waals surface area contributed by atoms with Gasteiger partial charge in [-0.05, 0) is 67.8 Å². The van der Waals surface area contributed by atoms with Crippen molar-refractivity contribution in [3.8, 4) is 0 Å². The predicted octanol–water partition coefficient (Wildman–Crippen LogP) is 3.24. The molecule has 0 aromatic heterocycles. The highest BCUT2D eigenvalue weighted by Crippen LogP contribution is 2.29. The minimum Gasteiger partial charge on any atom is -0.399 e. The van der Waals surface area contributed by atoms with Crippen molar-refractivity contribution in [1.82, 2.24) is 10.2 Å². The van der Waals surface area contributed by atoms with E-state index >= 15 is 0 Å². The van der Waals surface area contributed by atoms with Crippen LogP contribution in [0.2, 0.25) is 0 Å². The Morgan fingerprint density at radius 3 is 2.72 bits per heavy atom. The van der Waals surface area contributed by atoms with E-state index in [0.717, 1.165) is 39.9 Å². The van der Waals surface area contributed by atoms with Gasteiger partial charge in [0.2, 0.25) is 0 Å². The minimum absolute atomic E-state index is 0.0352. The van der Waals surface area contributed by atoms with Crippen LogP contribution in [0.1, 0.15) is 23.2 Å². The predicted molar refractivity (Wildman–Crippen MR) is 102 cm³/mol. The monoisotopic (exact) mass is 353 g/mol. The smallest absolute Gasteiger partial charge is 0.251 e. The summed E-state index contributed by atoms with van der Waals surface area (Å²) in [6.45, 7) is 3.39. The molecule has 2 aliphatic heterocycles. The zero-order valence-corrected chi connectivity index (χ0v) is 15.0. The van der Waals surface area contributed by atoms with Gasteiger partial charge < -0.3 is 16.0 Å². The van der Waals surface area contributed by atoms with Crippen LogP contribution in [0.25, 0.3) is 0 Å². The van der Waals surface area contributed by atoms with Crippen molar-refractivity contribution >= 4 is 23.4 Å². The molecule has 2 aromatic rings. The molecule has 1 unspecified atom stereocenters. The first-order valence-corrected chi connectivity index (χ1v) is 9.64. The lowest BCUT2D eigenvalue weighted by atomic mass is 9.96. The van der Waals surface area contributed by atoms with Gasteiger partial charge in [0.1, 0.15) is 0 Å². The Morgan fingerprint density at radius 1 is 1.12 bits per heavy atom. The van der Waals surface area contributed by atoms with E-state index in [4.69, 9.17) is 5.73 Å².